The average molecular weight is 514 g/mol. The summed E-state index contributed by atoms with van der Waals surface area (Å²) in [6.07, 6.45) is -4.51. The van der Waals surface area contributed by atoms with Crippen molar-refractivity contribution in [3.8, 4) is 11.3 Å². The maximum atomic E-state index is 13.0. The number of sulfone groups is 1. The Balaban J connectivity index is 1.47. The summed E-state index contributed by atoms with van der Waals surface area (Å²) >= 11 is 1.01. The van der Waals surface area contributed by atoms with Crippen LogP contribution >= 0.6 is 11.3 Å². The van der Waals surface area contributed by atoms with Crippen molar-refractivity contribution in [2.24, 2.45) is 0 Å². The maximum Gasteiger partial charge on any atom is 0.416 e. The van der Waals surface area contributed by atoms with Crippen molar-refractivity contribution in [3.05, 3.63) is 58.3 Å². The van der Waals surface area contributed by atoms with Gasteiger partial charge in [0.15, 0.2) is 15.0 Å². The van der Waals surface area contributed by atoms with Crippen LogP contribution < -0.4 is 5.32 Å². The Kier molecular flexibility index (Phi) is 6.25. The molecule has 1 aliphatic rings. The summed E-state index contributed by atoms with van der Waals surface area (Å²) in [6.45, 7) is 1.66. The van der Waals surface area contributed by atoms with Crippen LogP contribution in [-0.2, 0) is 16.0 Å². The number of thiazole rings is 1. The number of hydrogen-bond acceptors (Lipinski definition) is 7. The fraction of sp³-hybridized carbons (Fsp3) is 0.286. The second-order valence-electron chi connectivity index (χ2n) is 7.60. The number of amides is 2. The second-order valence-corrected chi connectivity index (χ2v) is 10.8. The monoisotopic (exact) mass is 513 g/mol. The zero-order chi connectivity index (χ0) is 24.7. The number of hydrogen-bond donors (Lipinski definition) is 1. The number of carbonyl (C=O) groups excluding carboxylic acids is 2. The molecular weight excluding hydrogens is 495 g/mol. The Bertz CT molecular complexity index is 1350. The summed E-state index contributed by atoms with van der Waals surface area (Å²) in [7, 11) is -3.14. The highest BCUT2D eigenvalue weighted by molar-refractivity contribution is 7.91. The predicted molar refractivity (Wildman–Crippen MR) is 119 cm³/mol. The molecule has 0 unspecified atom stereocenters. The van der Waals surface area contributed by atoms with E-state index in [9.17, 15) is 31.2 Å². The number of alkyl halides is 3. The van der Waals surface area contributed by atoms with E-state index in [-0.39, 0.29) is 58.1 Å². The van der Waals surface area contributed by atoms with Crippen molar-refractivity contribution >= 4 is 38.1 Å². The zero-order valence-corrected chi connectivity index (χ0v) is 19.3. The van der Waals surface area contributed by atoms with E-state index in [0.29, 0.717) is 0 Å². The highest BCUT2D eigenvalue weighted by Gasteiger charge is 2.31. The summed E-state index contributed by atoms with van der Waals surface area (Å²) in [4.78, 5) is 30.8. The van der Waals surface area contributed by atoms with Crippen molar-refractivity contribution in [1.29, 1.82) is 0 Å². The highest BCUT2D eigenvalue weighted by atomic mass is 32.2. The Labute approximate surface area is 196 Å². The van der Waals surface area contributed by atoms with Crippen molar-refractivity contribution in [3.63, 3.8) is 0 Å². The van der Waals surface area contributed by atoms with Crippen LogP contribution in [0.4, 0.5) is 18.3 Å². The quantitative estimate of drug-likeness (QED) is 0.568. The van der Waals surface area contributed by atoms with E-state index in [1.54, 1.807) is 0 Å². The van der Waals surface area contributed by atoms with Gasteiger partial charge in [-0.05, 0) is 25.1 Å². The zero-order valence-electron chi connectivity index (χ0n) is 17.7. The third-order valence-corrected chi connectivity index (χ3v) is 7.58. The normalized spacial score (nSPS) is 15.8. The molecule has 8 nitrogen and oxygen atoms in total. The lowest BCUT2D eigenvalue weighted by Crippen LogP contribution is -2.43. The topological polar surface area (TPSA) is 110 Å². The largest absolute Gasteiger partial charge is 0.461 e. The molecule has 1 fully saturated rings. The molecule has 0 spiro atoms. The van der Waals surface area contributed by atoms with Gasteiger partial charge in [0.25, 0.3) is 11.8 Å². The first-order valence-corrected chi connectivity index (χ1v) is 12.7. The number of nitrogens with one attached hydrogen (secondary N) is 1. The molecule has 3 heterocycles. The SMILES string of the molecule is Cc1oc(-c2cccc(C(F)(F)F)c2)cc1C(=O)Nc1nc(C(=O)N2CCS(=O)(=O)CC2)cs1. The number of halogens is 3. The van der Waals surface area contributed by atoms with Crippen LogP contribution in [-0.4, -0.2) is 54.7 Å². The van der Waals surface area contributed by atoms with E-state index in [4.69, 9.17) is 4.42 Å². The van der Waals surface area contributed by atoms with Gasteiger partial charge in [-0.15, -0.1) is 11.3 Å². The van der Waals surface area contributed by atoms with Crippen molar-refractivity contribution in [1.82, 2.24) is 9.88 Å². The molecule has 1 aliphatic heterocycles. The molecular formula is C21H18F3N3O5S2. The van der Waals surface area contributed by atoms with Gasteiger partial charge in [0.2, 0.25) is 0 Å². The minimum absolute atomic E-state index is 0.0763. The van der Waals surface area contributed by atoms with Gasteiger partial charge < -0.3 is 9.32 Å². The number of anilines is 1. The fourth-order valence-electron chi connectivity index (χ4n) is 3.37. The Morgan fingerprint density at radius 3 is 2.56 bits per heavy atom. The molecule has 0 aliphatic carbocycles. The molecule has 180 valence electrons. The lowest BCUT2D eigenvalue weighted by atomic mass is 10.1. The van der Waals surface area contributed by atoms with Crippen molar-refractivity contribution in [2.75, 3.05) is 29.9 Å². The van der Waals surface area contributed by atoms with Crippen LogP contribution in [0.2, 0.25) is 0 Å². The third kappa shape index (κ3) is 5.14. The molecule has 3 aromatic rings. The number of carbonyl (C=O) groups is 2. The summed E-state index contributed by atoms with van der Waals surface area (Å²) in [6, 6.07) is 5.91. The molecule has 1 saturated heterocycles. The summed E-state index contributed by atoms with van der Waals surface area (Å²) in [5.74, 6) is -0.952. The molecule has 0 atom stereocenters. The number of nitrogens with zero attached hydrogens (tertiary/aromatic N) is 2. The average Bonchev–Trinajstić information content (AvgIpc) is 3.39. The minimum Gasteiger partial charge on any atom is -0.461 e. The first-order valence-electron chi connectivity index (χ1n) is 9.97. The van der Waals surface area contributed by atoms with Crippen LogP contribution in [0.1, 0.15) is 32.2 Å². The van der Waals surface area contributed by atoms with E-state index in [1.165, 1.54) is 35.4 Å². The predicted octanol–water partition coefficient (Wildman–Crippen LogP) is 3.85. The van der Waals surface area contributed by atoms with Gasteiger partial charge in [-0.1, -0.05) is 12.1 Å². The molecule has 1 aromatic carbocycles. The minimum atomic E-state index is -4.51. The van der Waals surface area contributed by atoms with Crippen LogP contribution in [0.25, 0.3) is 11.3 Å². The molecule has 4 rings (SSSR count). The first kappa shape index (κ1) is 24.0. The van der Waals surface area contributed by atoms with Gasteiger partial charge in [0.05, 0.1) is 22.6 Å². The molecule has 13 heteroatoms. The van der Waals surface area contributed by atoms with Gasteiger partial charge in [0.1, 0.15) is 17.2 Å². The molecule has 0 saturated carbocycles. The molecule has 2 amide bonds. The number of aromatic nitrogens is 1. The van der Waals surface area contributed by atoms with Crippen LogP contribution in [0.3, 0.4) is 0 Å². The van der Waals surface area contributed by atoms with E-state index < -0.39 is 33.4 Å². The number of rotatable bonds is 4. The third-order valence-electron chi connectivity index (χ3n) is 5.21. The van der Waals surface area contributed by atoms with Crippen LogP contribution in [0.15, 0.2) is 40.1 Å². The van der Waals surface area contributed by atoms with E-state index in [0.717, 1.165) is 23.5 Å². The Hall–Kier alpha value is -3.19. The standard InChI is InChI=1S/C21H18F3N3O5S2/c1-12-15(10-17(32-12)13-3-2-4-14(9-13)21(22,23)24)18(28)26-20-25-16(11-33-20)19(29)27-5-7-34(30,31)8-6-27/h2-4,9-11H,5-8H2,1H3,(H,25,26,28). The number of benzene rings is 1. The lowest BCUT2D eigenvalue weighted by molar-refractivity contribution is -0.137. The number of aryl methyl sites for hydroxylation is 1. The fourth-order valence-corrected chi connectivity index (χ4v) is 5.25. The first-order chi connectivity index (χ1) is 15.9. The Morgan fingerprint density at radius 1 is 1.18 bits per heavy atom. The molecule has 1 N–H and O–H groups in total. The molecule has 34 heavy (non-hydrogen) atoms. The lowest BCUT2D eigenvalue weighted by Gasteiger charge is -2.25. The van der Waals surface area contributed by atoms with Gasteiger partial charge in [-0.3, -0.25) is 14.9 Å². The summed E-state index contributed by atoms with van der Waals surface area (Å²) in [5, 5.41) is 4.15. The van der Waals surface area contributed by atoms with Gasteiger partial charge >= 0.3 is 6.18 Å². The van der Waals surface area contributed by atoms with Crippen molar-refractivity contribution in [2.45, 2.75) is 13.1 Å². The smallest absolute Gasteiger partial charge is 0.416 e. The number of furan rings is 1. The maximum absolute atomic E-state index is 13.0. The van der Waals surface area contributed by atoms with E-state index >= 15 is 0 Å². The highest BCUT2D eigenvalue weighted by Crippen LogP contribution is 2.33. The van der Waals surface area contributed by atoms with Gasteiger partial charge in [-0.2, -0.15) is 13.2 Å². The summed E-state index contributed by atoms with van der Waals surface area (Å²) in [5.41, 5.74) is -0.483. The summed E-state index contributed by atoms with van der Waals surface area (Å²) < 4.78 is 67.6. The van der Waals surface area contributed by atoms with Gasteiger partial charge in [0, 0.05) is 24.0 Å². The van der Waals surface area contributed by atoms with E-state index in [2.05, 4.69) is 10.3 Å². The molecule has 0 radical (unpaired) electrons. The van der Waals surface area contributed by atoms with Crippen molar-refractivity contribution < 1.29 is 35.6 Å². The van der Waals surface area contributed by atoms with Gasteiger partial charge in [-0.25, -0.2) is 13.4 Å². The second kappa shape index (κ2) is 8.87. The molecule has 2 aromatic heterocycles. The molecule has 0 bridgehead atoms. The van der Waals surface area contributed by atoms with Crippen LogP contribution in [0, 0.1) is 6.92 Å². The van der Waals surface area contributed by atoms with E-state index in [1.807, 2.05) is 0 Å². The van der Waals surface area contributed by atoms with Crippen LogP contribution in [0.5, 0.6) is 0 Å². The Morgan fingerprint density at radius 2 is 1.88 bits per heavy atom.